The highest BCUT2D eigenvalue weighted by Crippen LogP contribution is 2.23. The fourth-order valence-corrected chi connectivity index (χ4v) is 1.58. The quantitative estimate of drug-likeness (QED) is 0.657. The summed E-state index contributed by atoms with van der Waals surface area (Å²) in [5, 5.41) is 19.3. The Hall–Kier alpha value is -2.41. The fourth-order valence-electron chi connectivity index (χ4n) is 1.32. The van der Waals surface area contributed by atoms with Crippen molar-refractivity contribution in [3.05, 3.63) is 51.3 Å². The summed E-state index contributed by atoms with van der Waals surface area (Å²) >= 11 is 5.82. The lowest BCUT2D eigenvalue weighted by Gasteiger charge is -2.04. The Morgan fingerprint density at radius 2 is 2.28 bits per heavy atom. The standard InChI is InChI=1S/C10H7ClN4O3/c11-9-3-7(15(17)18)1-2-8(9)10(16)14-6-4-12-13-5-6/h1-5H,(H,12,13)(H,14,16). The van der Waals surface area contributed by atoms with Crippen LogP contribution < -0.4 is 5.32 Å². The molecular weight excluding hydrogens is 260 g/mol. The molecule has 0 aliphatic rings. The van der Waals surface area contributed by atoms with Crippen LogP contribution in [0.4, 0.5) is 11.4 Å². The number of nitrogens with zero attached hydrogens (tertiary/aromatic N) is 2. The molecule has 2 rings (SSSR count). The van der Waals surface area contributed by atoms with Crippen LogP contribution in [0.1, 0.15) is 10.4 Å². The van der Waals surface area contributed by atoms with Gasteiger partial charge in [-0.05, 0) is 6.07 Å². The van der Waals surface area contributed by atoms with Gasteiger partial charge in [0.2, 0.25) is 0 Å². The molecule has 2 N–H and O–H groups in total. The molecule has 18 heavy (non-hydrogen) atoms. The number of nitro benzene ring substituents is 1. The molecule has 0 saturated heterocycles. The summed E-state index contributed by atoms with van der Waals surface area (Å²) in [7, 11) is 0. The van der Waals surface area contributed by atoms with E-state index in [4.69, 9.17) is 11.6 Å². The van der Waals surface area contributed by atoms with E-state index in [1.165, 1.54) is 24.5 Å². The zero-order chi connectivity index (χ0) is 13.1. The molecule has 92 valence electrons. The van der Waals surface area contributed by atoms with Crippen LogP contribution in [0.5, 0.6) is 0 Å². The third-order valence-electron chi connectivity index (χ3n) is 2.16. The predicted octanol–water partition coefficient (Wildman–Crippen LogP) is 2.22. The van der Waals surface area contributed by atoms with Gasteiger partial charge in [0.25, 0.3) is 11.6 Å². The summed E-state index contributed by atoms with van der Waals surface area (Å²) in [5.41, 5.74) is 0.470. The van der Waals surface area contributed by atoms with Crippen LogP contribution in [0, 0.1) is 10.1 Å². The molecule has 2 aromatic rings. The SMILES string of the molecule is O=C(Nc1cn[nH]c1)c1ccc([N+](=O)[O-])cc1Cl. The topological polar surface area (TPSA) is 101 Å². The Bertz CT molecular complexity index is 597. The molecule has 0 aliphatic heterocycles. The number of nitro groups is 1. The van der Waals surface area contributed by atoms with Crippen molar-refractivity contribution in [2.45, 2.75) is 0 Å². The number of amides is 1. The number of aromatic nitrogens is 2. The van der Waals surface area contributed by atoms with Crippen molar-refractivity contribution in [2.24, 2.45) is 0 Å². The second kappa shape index (κ2) is 4.84. The third kappa shape index (κ3) is 2.46. The Morgan fingerprint density at radius 3 is 2.83 bits per heavy atom. The smallest absolute Gasteiger partial charge is 0.270 e. The summed E-state index contributed by atoms with van der Waals surface area (Å²) < 4.78 is 0. The number of carbonyl (C=O) groups is 1. The number of carbonyl (C=O) groups excluding carboxylic acids is 1. The van der Waals surface area contributed by atoms with E-state index < -0.39 is 10.8 Å². The molecular formula is C10H7ClN4O3. The number of aromatic amines is 1. The molecule has 1 heterocycles. The lowest BCUT2D eigenvalue weighted by molar-refractivity contribution is -0.384. The molecule has 0 bridgehead atoms. The Labute approximate surface area is 106 Å². The van der Waals surface area contributed by atoms with Crippen LogP contribution >= 0.6 is 11.6 Å². The summed E-state index contributed by atoms with van der Waals surface area (Å²) in [6.45, 7) is 0. The first-order valence-electron chi connectivity index (χ1n) is 4.82. The lowest BCUT2D eigenvalue weighted by atomic mass is 10.2. The van der Waals surface area contributed by atoms with Crippen LogP contribution in [0.2, 0.25) is 5.02 Å². The van der Waals surface area contributed by atoms with Crippen molar-refractivity contribution in [1.29, 1.82) is 0 Å². The van der Waals surface area contributed by atoms with Crippen molar-refractivity contribution in [3.8, 4) is 0 Å². The number of hydrogen-bond donors (Lipinski definition) is 2. The highest BCUT2D eigenvalue weighted by atomic mass is 35.5. The largest absolute Gasteiger partial charge is 0.319 e. The van der Waals surface area contributed by atoms with Gasteiger partial charge in [-0.2, -0.15) is 5.10 Å². The monoisotopic (exact) mass is 266 g/mol. The molecule has 0 spiro atoms. The number of non-ortho nitro benzene ring substituents is 1. The van der Waals surface area contributed by atoms with Gasteiger partial charge in [-0.1, -0.05) is 11.6 Å². The van der Waals surface area contributed by atoms with Crippen LogP contribution in [-0.2, 0) is 0 Å². The molecule has 0 saturated carbocycles. The van der Waals surface area contributed by atoms with Crippen LogP contribution in [0.15, 0.2) is 30.6 Å². The molecule has 1 aromatic heterocycles. The van der Waals surface area contributed by atoms with Gasteiger partial charge in [0.05, 0.1) is 27.4 Å². The number of nitrogens with one attached hydrogen (secondary N) is 2. The second-order valence-electron chi connectivity index (χ2n) is 3.36. The van der Waals surface area contributed by atoms with Gasteiger partial charge in [-0.25, -0.2) is 0 Å². The van der Waals surface area contributed by atoms with E-state index in [1.54, 1.807) is 0 Å². The summed E-state index contributed by atoms with van der Waals surface area (Å²) in [5.74, 6) is -0.462. The Kier molecular flexibility index (Phi) is 3.24. The lowest BCUT2D eigenvalue weighted by Crippen LogP contribution is -2.12. The Balaban J connectivity index is 2.23. The minimum atomic E-state index is -0.580. The molecule has 0 radical (unpaired) electrons. The molecule has 1 aromatic carbocycles. The first-order valence-corrected chi connectivity index (χ1v) is 5.20. The second-order valence-corrected chi connectivity index (χ2v) is 3.77. The molecule has 8 heteroatoms. The number of rotatable bonds is 3. The van der Waals surface area contributed by atoms with E-state index in [1.807, 2.05) is 0 Å². The maximum atomic E-state index is 11.8. The minimum absolute atomic E-state index is 0.0187. The van der Waals surface area contributed by atoms with Crippen molar-refractivity contribution in [2.75, 3.05) is 5.32 Å². The molecule has 0 atom stereocenters. The van der Waals surface area contributed by atoms with E-state index in [0.717, 1.165) is 6.07 Å². The first-order chi connectivity index (χ1) is 8.58. The molecule has 0 aliphatic carbocycles. The predicted molar refractivity (Wildman–Crippen MR) is 64.6 cm³/mol. The molecule has 0 unspecified atom stereocenters. The number of H-pyrrole nitrogens is 1. The summed E-state index contributed by atoms with van der Waals surface area (Å²) in [4.78, 5) is 21.8. The van der Waals surface area contributed by atoms with Gasteiger partial charge in [0, 0.05) is 18.3 Å². The number of hydrogen-bond acceptors (Lipinski definition) is 4. The molecule has 0 fully saturated rings. The fraction of sp³-hybridized carbons (Fsp3) is 0. The normalized spacial score (nSPS) is 10.1. The van der Waals surface area contributed by atoms with Crippen LogP contribution in [0.25, 0.3) is 0 Å². The Morgan fingerprint density at radius 1 is 1.50 bits per heavy atom. The van der Waals surface area contributed by atoms with E-state index in [9.17, 15) is 14.9 Å². The molecule has 7 nitrogen and oxygen atoms in total. The van der Waals surface area contributed by atoms with E-state index in [-0.39, 0.29) is 16.3 Å². The number of halogens is 1. The maximum absolute atomic E-state index is 11.8. The average molecular weight is 267 g/mol. The minimum Gasteiger partial charge on any atom is -0.319 e. The maximum Gasteiger partial charge on any atom is 0.270 e. The summed E-state index contributed by atoms with van der Waals surface area (Å²) in [6.07, 6.45) is 2.92. The highest BCUT2D eigenvalue weighted by molar-refractivity contribution is 6.34. The zero-order valence-electron chi connectivity index (χ0n) is 8.88. The van der Waals surface area contributed by atoms with Crippen molar-refractivity contribution in [3.63, 3.8) is 0 Å². The van der Waals surface area contributed by atoms with E-state index in [2.05, 4.69) is 15.5 Å². The van der Waals surface area contributed by atoms with Crippen molar-refractivity contribution < 1.29 is 9.72 Å². The number of benzene rings is 1. The van der Waals surface area contributed by atoms with Crippen LogP contribution in [0.3, 0.4) is 0 Å². The van der Waals surface area contributed by atoms with Crippen molar-refractivity contribution in [1.82, 2.24) is 10.2 Å². The van der Waals surface area contributed by atoms with Gasteiger partial charge in [0.15, 0.2) is 0 Å². The van der Waals surface area contributed by atoms with E-state index >= 15 is 0 Å². The van der Waals surface area contributed by atoms with Gasteiger partial charge in [0.1, 0.15) is 0 Å². The van der Waals surface area contributed by atoms with Crippen molar-refractivity contribution >= 4 is 28.9 Å². The average Bonchev–Trinajstić information content (AvgIpc) is 2.81. The summed E-state index contributed by atoms with van der Waals surface area (Å²) in [6, 6.07) is 3.65. The molecule has 1 amide bonds. The highest BCUT2D eigenvalue weighted by Gasteiger charge is 2.15. The number of anilines is 1. The zero-order valence-corrected chi connectivity index (χ0v) is 9.64. The van der Waals surface area contributed by atoms with Gasteiger partial charge < -0.3 is 5.32 Å². The van der Waals surface area contributed by atoms with Gasteiger partial charge in [-0.3, -0.25) is 20.0 Å². The first kappa shape index (κ1) is 12.1. The van der Waals surface area contributed by atoms with Crippen LogP contribution in [-0.4, -0.2) is 21.0 Å². The van der Waals surface area contributed by atoms with E-state index in [0.29, 0.717) is 5.69 Å². The van der Waals surface area contributed by atoms with Gasteiger partial charge >= 0.3 is 0 Å². The van der Waals surface area contributed by atoms with Gasteiger partial charge in [-0.15, -0.1) is 0 Å². The third-order valence-corrected chi connectivity index (χ3v) is 2.48.